The van der Waals surface area contributed by atoms with E-state index in [0.717, 1.165) is 19.5 Å². The van der Waals surface area contributed by atoms with Crippen LogP contribution < -0.4 is 5.32 Å². The molecule has 5 heteroatoms. The van der Waals surface area contributed by atoms with Crippen molar-refractivity contribution >= 4 is 0 Å². The van der Waals surface area contributed by atoms with E-state index >= 15 is 0 Å². The van der Waals surface area contributed by atoms with Crippen LogP contribution in [0.3, 0.4) is 0 Å². The minimum atomic E-state index is -0.0553. The minimum Gasteiger partial charge on any atom is -0.367 e. The number of ether oxygens (including phenoxy) is 1. The lowest BCUT2D eigenvalue weighted by molar-refractivity contribution is 0.0208. The first-order valence-corrected chi connectivity index (χ1v) is 5.47. The van der Waals surface area contributed by atoms with Gasteiger partial charge in [-0.3, -0.25) is 0 Å². The van der Waals surface area contributed by atoms with Crippen LogP contribution in [0, 0.1) is 0 Å². The first-order chi connectivity index (χ1) is 7.31. The van der Waals surface area contributed by atoms with Crippen LogP contribution in [0.2, 0.25) is 0 Å². The number of nitrogens with zero attached hydrogens (tertiary/aromatic N) is 2. The largest absolute Gasteiger partial charge is 0.367 e. The van der Waals surface area contributed by atoms with Crippen molar-refractivity contribution in [3.05, 3.63) is 11.7 Å². The van der Waals surface area contributed by atoms with Crippen molar-refractivity contribution in [3.8, 4) is 0 Å². The third kappa shape index (κ3) is 2.35. The molecular formula is C10H17N3O2. The lowest BCUT2D eigenvalue weighted by Gasteiger charge is -2.20. The summed E-state index contributed by atoms with van der Waals surface area (Å²) in [5, 5.41) is 7.20. The second kappa shape index (κ2) is 4.72. The summed E-state index contributed by atoms with van der Waals surface area (Å²) in [6.45, 7) is 6.55. The molecule has 0 saturated carbocycles. The summed E-state index contributed by atoms with van der Waals surface area (Å²) in [5.41, 5.74) is 0. The van der Waals surface area contributed by atoms with Crippen LogP contribution in [0.1, 0.15) is 44.0 Å². The predicted octanol–water partition coefficient (Wildman–Crippen LogP) is 1.24. The standard InChI is InChI=1S/C10H17N3O2/c1-3-7(2)10-12-9(13-15-10)8-6-11-4-5-14-8/h7-8,11H,3-6H2,1-2H3. The Morgan fingerprint density at radius 2 is 2.47 bits per heavy atom. The third-order valence-corrected chi connectivity index (χ3v) is 2.71. The summed E-state index contributed by atoms with van der Waals surface area (Å²) < 4.78 is 10.7. The summed E-state index contributed by atoms with van der Waals surface area (Å²) in [6, 6.07) is 0. The molecule has 2 rings (SSSR count). The van der Waals surface area contributed by atoms with E-state index in [1.807, 2.05) is 0 Å². The Morgan fingerprint density at radius 3 is 3.13 bits per heavy atom. The van der Waals surface area contributed by atoms with Crippen LogP contribution in [-0.4, -0.2) is 29.8 Å². The Balaban J connectivity index is 2.05. The van der Waals surface area contributed by atoms with Gasteiger partial charge in [0, 0.05) is 19.0 Å². The highest BCUT2D eigenvalue weighted by Crippen LogP contribution is 2.20. The summed E-state index contributed by atoms with van der Waals surface area (Å²) in [5.74, 6) is 1.70. The summed E-state index contributed by atoms with van der Waals surface area (Å²) in [7, 11) is 0. The normalized spacial score (nSPS) is 24.0. The van der Waals surface area contributed by atoms with Crippen LogP contribution in [0.5, 0.6) is 0 Å². The quantitative estimate of drug-likeness (QED) is 0.815. The number of nitrogens with one attached hydrogen (secondary N) is 1. The van der Waals surface area contributed by atoms with E-state index in [1.54, 1.807) is 0 Å². The van der Waals surface area contributed by atoms with Crippen molar-refractivity contribution in [2.45, 2.75) is 32.3 Å². The molecule has 1 saturated heterocycles. The Kier molecular flexibility index (Phi) is 3.33. The Bertz CT molecular complexity index is 307. The zero-order valence-corrected chi connectivity index (χ0v) is 9.19. The molecule has 1 aromatic rings. The van der Waals surface area contributed by atoms with Gasteiger partial charge in [0.2, 0.25) is 11.7 Å². The molecule has 5 nitrogen and oxygen atoms in total. The fourth-order valence-electron chi connectivity index (χ4n) is 1.48. The maximum absolute atomic E-state index is 5.54. The molecule has 1 N–H and O–H groups in total. The highest BCUT2D eigenvalue weighted by Gasteiger charge is 2.22. The van der Waals surface area contributed by atoms with E-state index in [1.165, 1.54) is 0 Å². The van der Waals surface area contributed by atoms with Crippen molar-refractivity contribution in [2.24, 2.45) is 0 Å². The number of rotatable bonds is 3. The van der Waals surface area contributed by atoms with Crippen LogP contribution in [0.25, 0.3) is 0 Å². The molecule has 2 heterocycles. The lowest BCUT2D eigenvalue weighted by Crippen LogP contribution is -2.33. The molecule has 0 aliphatic carbocycles. The fraction of sp³-hybridized carbons (Fsp3) is 0.800. The maximum atomic E-state index is 5.54. The van der Waals surface area contributed by atoms with Gasteiger partial charge in [-0.15, -0.1) is 0 Å². The monoisotopic (exact) mass is 211 g/mol. The SMILES string of the molecule is CCC(C)c1nc(C2CNCCO2)no1. The molecule has 0 spiro atoms. The summed E-state index contributed by atoms with van der Waals surface area (Å²) in [4.78, 5) is 4.36. The average Bonchev–Trinajstić information content (AvgIpc) is 2.78. The number of morpholine rings is 1. The zero-order valence-electron chi connectivity index (χ0n) is 9.19. The highest BCUT2D eigenvalue weighted by molar-refractivity contribution is 4.96. The van der Waals surface area contributed by atoms with Crippen molar-refractivity contribution in [3.63, 3.8) is 0 Å². The number of aromatic nitrogens is 2. The van der Waals surface area contributed by atoms with Crippen molar-refractivity contribution in [2.75, 3.05) is 19.7 Å². The van der Waals surface area contributed by atoms with Gasteiger partial charge in [-0.2, -0.15) is 4.98 Å². The van der Waals surface area contributed by atoms with Crippen LogP contribution in [0.15, 0.2) is 4.52 Å². The summed E-state index contributed by atoms with van der Waals surface area (Å²) in [6.07, 6.45) is 0.950. The second-order valence-corrected chi connectivity index (χ2v) is 3.86. The van der Waals surface area contributed by atoms with Gasteiger partial charge >= 0.3 is 0 Å². The molecule has 0 bridgehead atoms. The predicted molar refractivity (Wildman–Crippen MR) is 54.6 cm³/mol. The molecule has 1 fully saturated rings. The van der Waals surface area contributed by atoms with Crippen molar-refractivity contribution in [1.82, 2.24) is 15.5 Å². The smallest absolute Gasteiger partial charge is 0.229 e. The Hall–Kier alpha value is -0.940. The van der Waals surface area contributed by atoms with E-state index in [2.05, 4.69) is 29.3 Å². The maximum Gasteiger partial charge on any atom is 0.229 e. The first-order valence-electron chi connectivity index (χ1n) is 5.47. The Labute approximate surface area is 89.2 Å². The number of hydrogen-bond donors (Lipinski definition) is 1. The second-order valence-electron chi connectivity index (χ2n) is 3.86. The van der Waals surface area contributed by atoms with Gasteiger partial charge in [-0.05, 0) is 6.42 Å². The van der Waals surface area contributed by atoms with Crippen molar-refractivity contribution in [1.29, 1.82) is 0 Å². The van der Waals surface area contributed by atoms with E-state index in [0.29, 0.717) is 24.2 Å². The molecule has 1 aliphatic heterocycles. The molecule has 0 amide bonds. The first kappa shape index (κ1) is 10.6. The van der Waals surface area contributed by atoms with Gasteiger partial charge in [0.05, 0.1) is 6.61 Å². The molecule has 15 heavy (non-hydrogen) atoms. The van der Waals surface area contributed by atoms with Gasteiger partial charge < -0.3 is 14.6 Å². The Morgan fingerprint density at radius 1 is 1.60 bits per heavy atom. The number of hydrogen-bond acceptors (Lipinski definition) is 5. The van der Waals surface area contributed by atoms with Gasteiger partial charge in [0.15, 0.2) is 0 Å². The molecule has 0 aromatic carbocycles. The molecule has 0 radical (unpaired) electrons. The molecular weight excluding hydrogens is 194 g/mol. The van der Waals surface area contributed by atoms with Gasteiger partial charge in [0.25, 0.3) is 0 Å². The van der Waals surface area contributed by atoms with Gasteiger partial charge in [-0.25, -0.2) is 0 Å². The molecule has 84 valence electrons. The van der Waals surface area contributed by atoms with Gasteiger partial charge in [-0.1, -0.05) is 19.0 Å². The van der Waals surface area contributed by atoms with E-state index in [-0.39, 0.29) is 6.10 Å². The zero-order chi connectivity index (χ0) is 10.7. The minimum absolute atomic E-state index is 0.0553. The van der Waals surface area contributed by atoms with Crippen molar-refractivity contribution < 1.29 is 9.26 Å². The highest BCUT2D eigenvalue weighted by atomic mass is 16.5. The molecule has 1 aromatic heterocycles. The average molecular weight is 211 g/mol. The van der Waals surface area contributed by atoms with Crippen LogP contribution in [-0.2, 0) is 4.74 Å². The lowest BCUT2D eigenvalue weighted by atomic mass is 10.1. The van der Waals surface area contributed by atoms with E-state index in [4.69, 9.17) is 9.26 Å². The molecule has 2 unspecified atom stereocenters. The van der Waals surface area contributed by atoms with Gasteiger partial charge in [0.1, 0.15) is 6.10 Å². The molecule has 2 atom stereocenters. The van der Waals surface area contributed by atoms with E-state index in [9.17, 15) is 0 Å². The van der Waals surface area contributed by atoms with E-state index < -0.39 is 0 Å². The fourth-order valence-corrected chi connectivity index (χ4v) is 1.48. The topological polar surface area (TPSA) is 60.2 Å². The molecule has 1 aliphatic rings. The van der Waals surface area contributed by atoms with Crippen LogP contribution in [0.4, 0.5) is 0 Å². The summed E-state index contributed by atoms with van der Waals surface area (Å²) >= 11 is 0. The third-order valence-electron chi connectivity index (χ3n) is 2.71. The van der Waals surface area contributed by atoms with Crippen LogP contribution >= 0.6 is 0 Å².